The van der Waals surface area contributed by atoms with E-state index in [2.05, 4.69) is 10.6 Å². The standard InChI is InChI=1S/C24H19ClN4O7/c1-14-7-9-17(13-18(14)25)26-24(31)19(11-15-5-3-4-6-20(15)28(32)33)27-23(30)16-8-10-22(36-2)21(12-16)29(34)35/h3-13H,1-2H3,(H,26,31)(H,27,30). The summed E-state index contributed by atoms with van der Waals surface area (Å²) >= 11 is 6.12. The molecule has 36 heavy (non-hydrogen) atoms. The number of hydrogen-bond donors (Lipinski definition) is 2. The SMILES string of the molecule is COc1ccc(C(=O)NC(=Cc2ccccc2[N+](=O)[O-])C(=O)Nc2ccc(C)c(Cl)c2)cc1[N+](=O)[O-]. The van der Waals surface area contributed by atoms with Crippen LogP contribution in [0.2, 0.25) is 5.02 Å². The molecule has 0 aliphatic heterocycles. The number of carbonyl (C=O) groups is 2. The zero-order valence-electron chi connectivity index (χ0n) is 19.0. The van der Waals surface area contributed by atoms with Gasteiger partial charge in [0.25, 0.3) is 17.5 Å². The maximum Gasteiger partial charge on any atom is 0.311 e. The minimum Gasteiger partial charge on any atom is -0.490 e. The van der Waals surface area contributed by atoms with Crippen LogP contribution in [0.1, 0.15) is 21.5 Å². The lowest BCUT2D eigenvalue weighted by molar-refractivity contribution is -0.385. The highest BCUT2D eigenvalue weighted by atomic mass is 35.5. The molecule has 0 aliphatic carbocycles. The molecular weight excluding hydrogens is 492 g/mol. The molecule has 0 unspecified atom stereocenters. The maximum absolute atomic E-state index is 13.1. The van der Waals surface area contributed by atoms with Crippen LogP contribution in [-0.4, -0.2) is 28.8 Å². The predicted octanol–water partition coefficient (Wildman–Crippen LogP) is 4.88. The van der Waals surface area contributed by atoms with E-state index in [4.69, 9.17) is 16.3 Å². The highest BCUT2D eigenvalue weighted by molar-refractivity contribution is 6.31. The fourth-order valence-electron chi connectivity index (χ4n) is 3.13. The Kier molecular flexibility index (Phi) is 7.97. The van der Waals surface area contributed by atoms with Gasteiger partial charge < -0.3 is 15.4 Å². The number of amides is 2. The number of para-hydroxylation sites is 1. The Morgan fingerprint density at radius 2 is 1.67 bits per heavy atom. The zero-order valence-corrected chi connectivity index (χ0v) is 19.7. The van der Waals surface area contributed by atoms with Gasteiger partial charge >= 0.3 is 5.69 Å². The average molecular weight is 511 g/mol. The van der Waals surface area contributed by atoms with Crippen LogP contribution in [0.4, 0.5) is 17.1 Å². The Morgan fingerprint density at radius 3 is 2.31 bits per heavy atom. The summed E-state index contributed by atoms with van der Waals surface area (Å²) in [6.07, 6.45) is 1.14. The lowest BCUT2D eigenvalue weighted by Gasteiger charge is -2.12. The third-order valence-corrected chi connectivity index (χ3v) is 5.40. The molecule has 184 valence electrons. The summed E-state index contributed by atoms with van der Waals surface area (Å²) in [5.41, 5.74) is -0.0796. The summed E-state index contributed by atoms with van der Waals surface area (Å²) in [4.78, 5) is 47.5. The van der Waals surface area contributed by atoms with Crippen LogP contribution < -0.4 is 15.4 Å². The molecule has 2 N–H and O–H groups in total. The number of anilines is 1. The molecule has 3 aromatic carbocycles. The number of nitrogens with one attached hydrogen (secondary N) is 2. The van der Waals surface area contributed by atoms with E-state index in [1.807, 2.05) is 0 Å². The lowest BCUT2D eigenvalue weighted by atomic mass is 10.1. The van der Waals surface area contributed by atoms with E-state index < -0.39 is 27.3 Å². The predicted molar refractivity (Wildman–Crippen MR) is 133 cm³/mol. The van der Waals surface area contributed by atoms with Gasteiger partial charge in [0.05, 0.1) is 22.5 Å². The molecule has 0 heterocycles. The highest BCUT2D eigenvalue weighted by Crippen LogP contribution is 2.28. The number of rotatable bonds is 8. The van der Waals surface area contributed by atoms with E-state index in [0.717, 1.165) is 17.7 Å². The van der Waals surface area contributed by atoms with Crippen molar-refractivity contribution in [3.8, 4) is 5.75 Å². The van der Waals surface area contributed by atoms with Crippen molar-refractivity contribution in [1.82, 2.24) is 5.32 Å². The molecule has 3 aromatic rings. The van der Waals surface area contributed by atoms with Gasteiger partial charge in [0.1, 0.15) is 5.70 Å². The molecule has 2 amide bonds. The average Bonchev–Trinajstić information content (AvgIpc) is 2.85. The van der Waals surface area contributed by atoms with Gasteiger partial charge in [-0.15, -0.1) is 0 Å². The quantitative estimate of drug-likeness (QED) is 0.248. The number of ether oxygens (including phenoxy) is 1. The molecule has 0 radical (unpaired) electrons. The van der Waals surface area contributed by atoms with Crippen molar-refractivity contribution in [2.45, 2.75) is 6.92 Å². The number of nitrogens with zero attached hydrogens (tertiary/aromatic N) is 2. The number of carbonyl (C=O) groups excluding carboxylic acids is 2. The van der Waals surface area contributed by atoms with E-state index in [0.29, 0.717) is 10.7 Å². The van der Waals surface area contributed by atoms with Crippen LogP contribution in [0, 0.1) is 27.2 Å². The van der Waals surface area contributed by atoms with Crippen molar-refractivity contribution < 1.29 is 24.2 Å². The number of halogens is 1. The molecule has 3 rings (SSSR count). The Morgan fingerprint density at radius 1 is 0.972 bits per heavy atom. The molecule has 0 atom stereocenters. The Labute approximate surface area is 209 Å². The summed E-state index contributed by atoms with van der Waals surface area (Å²) in [5.74, 6) is -1.71. The van der Waals surface area contributed by atoms with Crippen molar-refractivity contribution >= 4 is 46.6 Å². The van der Waals surface area contributed by atoms with Crippen molar-refractivity contribution in [2.75, 3.05) is 12.4 Å². The molecule has 0 spiro atoms. The van der Waals surface area contributed by atoms with Crippen molar-refractivity contribution in [2.24, 2.45) is 0 Å². The third-order valence-electron chi connectivity index (χ3n) is 4.99. The highest BCUT2D eigenvalue weighted by Gasteiger charge is 2.22. The molecular formula is C24H19ClN4O7. The van der Waals surface area contributed by atoms with E-state index in [1.54, 1.807) is 19.1 Å². The number of nitro groups is 2. The Bertz CT molecular complexity index is 1400. The van der Waals surface area contributed by atoms with E-state index in [-0.39, 0.29) is 28.3 Å². The van der Waals surface area contributed by atoms with Crippen LogP contribution >= 0.6 is 11.6 Å². The van der Waals surface area contributed by atoms with Gasteiger partial charge in [0.15, 0.2) is 5.75 Å². The molecule has 0 aromatic heterocycles. The minimum atomic E-state index is -0.859. The number of aryl methyl sites for hydroxylation is 1. The second kappa shape index (κ2) is 11.1. The monoisotopic (exact) mass is 510 g/mol. The summed E-state index contributed by atoms with van der Waals surface area (Å²) in [7, 11) is 1.25. The van der Waals surface area contributed by atoms with E-state index in [1.165, 1.54) is 49.6 Å². The summed E-state index contributed by atoms with van der Waals surface area (Å²) < 4.78 is 4.94. The smallest absolute Gasteiger partial charge is 0.311 e. The topological polar surface area (TPSA) is 154 Å². The number of benzene rings is 3. The first-order valence-corrected chi connectivity index (χ1v) is 10.6. The van der Waals surface area contributed by atoms with Crippen molar-refractivity contribution in [3.63, 3.8) is 0 Å². The van der Waals surface area contributed by atoms with Crippen LogP contribution in [0.25, 0.3) is 6.08 Å². The largest absolute Gasteiger partial charge is 0.490 e. The van der Waals surface area contributed by atoms with Gasteiger partial charge in [-0.1, -0.05) is 29.8 Å². The van der Waals surface area contributed by atoms with E-state index in [9.17, 15) is 29.8 Å². The number of hydrogen-bond acceptors (Lipinski definition) is 7. The van der Waals surface area contributed by atoms with Crippen LogP contribution in [0.5, 0.6) is 5.75 Å². The molecule has 0 fully saturated rings. The normalized spacial score (nSPS) is 10.9. The van der Waals surface area contributed by atoms with Gasteiger partial charge in [0.2, 0.25) is 0 Å². The molecule has 0 saturated heterocycles. The Balaban J connectivity index is 2.01. The van der Waals surface area contributed by atoms with Gasteiger partial charge in [0, 0.05) is 28.4 Å². The second-order valence-corrected chi connectivity index (χ2v) is 7.80. The van der Waals surface area contributed by atoms with Gasteiger partial charge in [-0.05, 0) is 48.9 Å². The third kappa shape index (κ3) is 6.02. The first kappa shape index (κ1) is 25.8. The Hall–Kier alpha value is -4.77. The van der Waals surface area contributed by atoms with Crippen molar-refractivity contribution in [3.05, 3.63) is 108 Å². The van der Waals surface area contributed by atoms with E-state index >= 15 is 0 Å². The van der Waals surface area contributed by atoms with Gasteiger partial charge in [-0.25, -0.2) is 0 Å². The fourth-order valence-corrected chi connectivity index (χ4v) is 3.31. The number of methoxy groups -OCH3 is 1. The number of nitro benzene ring substituents is 2. The maximum atomic E-state index is 13.1. The lowest BCUT2D eigenvalue weighted by Crippen LogP contribution is -2.30. The van der Waals surface area contributed by atoms with Gasteiger partial charge in [-0.3, -0.25) is 29.8 Å². The van der Waals surface area contributed by atoms with Crippen LogP contribution in [0.3, 0.4) is 0 Å². The summed E-state index contributed by atoms with van der Waals surface area (Å²) in [6.45, 7) is 1.78. The first-order chi connectivity index (χ1) is 17.1. The molecule has 0 saturated carbocycles. The van der Waals surface area contributed by atoms with Gasteiger partial charge in [-0.2, -0.15) is 0 Å². The van der Waals surface area contributed by atoms with Crippen LogP contribution in [-0.2, 0) is 4.79 Å². The van der Waals surface area contributed by atoms with Crippen LogP contribution in [0.15, 0.2) is 66.4 Å². The van der Waals surface area contributed by atoms with Crippen molar-refractivity contribution in [1.29, 1.82) is 0 Å². The molecule has 12 heteroatoms. The molecule has 0 bridgehead atoms. The molecule has 0 aliphatic rings. The fraction of sp³-hybridized carbons (Fsp3) is 0.0833. The minimum absolute atomic E-state index is 0.0515. The second-order valence-electron chi connectivity index (χ2n) is 7.39. The summed E-state index contributed by atoms with van der Waals surface area (Å²) in [5, 5.41) is 28.1. The first-order valence-electron chi connectivity index (χ1n) is 10.3. The zero-order chi connectivity index (χ0) is 26.4. The summed E-state index contributed by atoms with van der Waals surface area (Å²) in [6, 6.07) is 13.9. The molecule has 11 nitrogen and oxygen atoms in total.